The monoisotopic (exact) mass is 845 g/mol. The third-order valence-corrected chi connectivity index (χ3v) is 9.46. The van der Waals surface area contributed by atoms with Crippen LogP contribution in [0.5, 0.6) is 0 Å². The first-order chi connectivity index (χ1) is 22.9. The molecule has 0 bridgehead atoms. The summed E-state index contributed by atoms with van der Waals surface area (Å²) in [6.07, 6.45) is 25.9. The van der Waals surface area contributed by atoms with Crippen LogP contribution >= 0.6 is 0 Å². The van der Waals surface area contributed by atoms with Crippen molar-refractivity contribution in [2.75, 3.05) is 6.54 Å². The molecule has 1 unspecified atom stereocenters. The fraction of sp³-hybridized carbons (Fsp3) is 0.500. The van der Waals surface area contributed by atoms with Gasteiger partial charge in [0.05, 0.1) is 0 Å². The van der Waals surface area contributed by atoms with Crippen molar-refractivity contribution in [3.05, 3.63) is 127 Å². The summed E-state index contributed by atoms with van der Waals surface area (Å²) in [4.78, 5) is 0. The molecule has 1 aliphatic carbocycles. The standard InChI is InChI=1S/C18H38N.C12H10.C9H13.C6H7Si.CH3.Hf/c1-2-3-4-5-6-7-8-9-10-11-12-13-14-15-16-17-18-19;1-3-7-11(8-4-1)12-9-5-2-6-10-12;1-6-5-7(2)9(4)8(6)3;7-6-4-2-1-3-5-6;;/h19H,2-18H2,1H3;1-10H;6H,1-4H3;1-5H,7H2;1H3;/q-1;;-1;;-1;. The molecular formula is C46H71HfNSi-3. The number of rotatable bonds is 17. The van der Waals surface area contributed by atoms with Crippen molar-refractivity contribution in [1.82, 2.24) is 0 Å². The molecule has 0 saturated carbocycles. The zero-order valence-electron chi connectivity index (χ0n) is 32.5. The van der Waals surface area contributed by atoms with Crippen molar-refractivity contribution in [1.29, 1.82) is 0 Å². The van der Waals surface area contributed by atoms with Crippen molar-refractivity contribution < 1.29 is 25.8 Å². The summed E-state index contributed by atoms with van der Waals surface area (Å²) < 4.78 is 0. The molecule has 3 aromatic rings. The molecule has 1 radical (unpaired) electrons. The Labute approximate surface area is 327 Å². The van der Waals surface area contributed by atoms with E-state index in [1.807, 2.05) is 40.6 Å². The Morgan fingerprint density at radius 1 is 0.551 bits per heavy atom. The van der Waals surface area contributed by atoms with Gasteiger partial charge in [0.2, 0.25) is 0 Å². The first-order valence-corrected chi connectivity index (χ1v) is 19.5. The van der Waals surface area contributed by atoms with Crippen LogP contribution in [-0.2, 0) is 25.8 Å². The van der Waals surface area contributed by atoms with Crippen molar-refractivity contribution in [2.24, 2.45) is 5.92 Å². The van der Waals surface area contributed by atoms with Crippen LogP contribution in [0.1, 0.15) is 137 Å². The molecule has 0 aromatic heterocycles. The van der Waals surface area contributed by atoms with Gasteiger partial charge >= 0.3 is 0 Å². The van der Waals surface area contributed by atoms with E-state index in [1.54, 1.807) is 0 Å². The van der Waals surface area contributed by atoms with Crippen LogP contribution < -0.4 is 5.19 Å². The molecule has 1 N–H and O–H groups in total. The Kier molecular flexibility index (Phi) is 34.8. The van der Waals surface area contributed by atoms with E-state index in [-0.39, 0.29) is 33.3 Å². The third kappa shape index (κ3) is 26.6. The molecule has 0 amide bonds. The van der Waals surface area contributed by atoms with Crippen LogP contribution in [0.15, 0.2) is 108 Å². The van der Waals surface area contributed by atoms with Gasteiger partial charge in [-0.05, 0) is 11.1 Å². The first kappa shape index (κ1) is 49.3. The predicted octanol–water partition coefficient (Wildman–Crippen LogP) is 13.8. The van der Waals surface area contributed by atoms with Gasteiger partial charge in [-0.1, -0.05) is 233 Å². The van der Waals surface area contributed by atoms with E-state index in [4.69, 9.17) is 5.73 Å². The maximum Gasteiger partial charge on any atom is 0.0477 e. The minimum atomic E-state index is 0. The number of hydrogen-bond acceptors (Lipinski definition) is 0. The zero-order chi connectivity index (χ0) is 34.4. The molecule has 0 fully saturated rings. The molecule has 271 valence electrons. The van der Waals surface area contributed by atoms with E-state index in [0.717, 1.165) is 6.42 Å². The summed E-state index contributed by atoms with van der Waals surface area (Å²) in [5, 5.41) is 1.35. The van der Waals surface area contributed by atoms with Crippen LogP contribution in [0.25, 0.3) is 16.9 Å². The van der Waals surface area contributed by atoms with Gasteiger partial charge in [-0.2, -0.15) is 17.7 Å². The molecule has 0 heterocycles. The van der Waals surface area contributed by atoms with Crippen LogP contribution in [0.4, 0.5) is 0 Å². The molecule has 0 spiro atoms. The Morgan fingerprint density at radius 3 is 1.10 bits per heavy atom. The van der Waals surface area contributed by atoms with E-state index >= 15 is 0 Å². The summed E-state index contributed by atoms with van der Waals surface area (Å²) in [5.74, 6) is 0.560. The number of benzene rings is 3. The van der Waals surface area contributed by atoms with E-state index in [1.165, 1.54) is 129 Å². The van der Waals surface area contributed by atoms with E-state index < -0.39 is 0 Å². The van der Waals surface area contributed by atoms with Crippen molar-refractivity contribution >= 4 is 15.4 Å². The molecule has 0 saturated heterocycles. The minimum absolute atomic E-state index is 0. The summed E-state index contributed by atoms with van der Waals surface area (Å²) in [7, 11) is 1.90. The van der Waals surface area contributed by atoms with Crippen molar-refractivity contribution in [3.8, 4) is 11.1 Å². The third-order valence-electron chi connectivity index (χ3n) is 8.99. The first-order valence-electron chi connectivity index (χ1n) is 18.8. The van der Waals surface area contributed by atoms with Gasteiger partial charge in [-0.15, -0.1) is 6.92 Å². The van der Waals surface area contributed by atoms with Gasteiger partial charge in [0, 0.05) is 36.1 Å². The molecule has 4 rings (SSSR count). The number of allylic oxidation sites excluding steroid dienone is 4. The summed E-state index contributed by atoms with van der Waals surface area (Å²) in [6.45, 7) is 11.6. The van der Waals surface area contributed by atoms with Crippen molar-refractivity contribution in [3.63, 3.8) is 0 Å². The largest absolute Gasteiger partial charge is 0.677 e. The maximum absolute atomic E-state index is 7.08. The summed E-state index contributed by atoms with van der Waals surface area (Å²) in [5.41, 5.74) is 13.9. The SMILES string of the molecule is CC1=[C-]C(C)C(C)=C1C.CCCCCCCCCCCCCCCCCC[NH-].[CH3-].[Hf].[SiH2]c1ccccc1.c1ccc(-c2ccccc2)cc1. The summed E-state index contributed by atoms with van der Waals surface area (Å²) >= 11 is 0. The Hall–Kier alpha value is -1.81. The summed E-state index contributed by atoms with van der Waals surface area (Å²) in [6, 6.07) is 31.1. The topological polar surface area (TPSA) is 23.8 Å². The molecule has 1 nitrogen and oxygen atoms in total. The number of hydrogen-bond donors (Lipinski definition) is 0. The predicted molar refractivity (Wildman–Crippen MR) is 222 cm³/mol. The minimum Gasteiger partial charge on any atom is -0.677 e. The van der Waals surface area contributed by atoms with Crippen molar-refractivity contribution in [2.45, 2.75) is 137 Å². The smallest absolute Gasteiger partial charge is 0.0477 e. The molecule has 3 heteroatoms. The molecule has 3 aromatic carbocycles. The van der Waals surface area contributed by atoms with Gasteiger partial charge in [0.25, 0.3) is 0 Å². The van der Waals surface area contributed by atoms with Crippen LogP contribution in [0, 0.1) is 19.4 Å². The van der Waals surface area contributed by atoms with Gasteiger partial charge in [-0.25, -0.2) is 5.57 Å². The van der Waals surface area contributed by atoms with Crippen LogP contribution in [-0.4, -0.2) is 16.8 Å². The van der Waals surface area contributed by atoms with Gasteiger partial charge in [0.15, 0.2) is 0 Å². The average Bonchev–Trinajstić information content (AvgIpc) is 3.33. The van der Waals surface area contributed by atoms with Gasteiger partial charge in [-0.3, -0.25) is 6.08 Å². The molecule has 1 atom stereocenters. The van der Waals surface area contributed by atoms with Gasteiger partial charge in [0.1, 0.15) is 0 Å². The van der Waals surface area contributed by atoms with E-state index in [2.05, 4.69) is 101 Å². The maximum atomic E-state index is 7.08. The molecular weight excluding hydrogens is 773 g/mol. The molecule has 1 aliphatic rings. The fourth-order valence-corrected chi connectivity index (χ4v) is 5.85. The van der Waals surface area contributed by atoms with E-state index in [0.29, 0.717) is 12.5 Å². The quantitative estimate of drug-likeness (QED) is 0.0734. The van der Waals surface area contributed by atoms with E-state index in [9.17, 15) is 0 Å². The van der Waals surface area contributed by atoms with Crippen LogP contribution in [0.2, 0.25) is 0 Å². The second-order valence-electron chi connectivity index (χ2n) is 13.1. The number of unbranched alkanes of at least 4 members (excludes halogenated alkanes) is 15. The second kappa shape index (κ2) is 34.6. The molecule has 49 heavy (non-hydrogen) atoms. The number of nitrogens with one attached hydrogen (secondary N) is 1. The fourth-order valence-electron chi connectivity index (χ4n) is 5.57. The second-order valence-corrected chi connectivity index (χ2v) is 13.9. The Morgan fingerprint density at radius 2 is 0.878 bits per heavy atom. The van der Waals surface area contributed by atoms with Crippen LogP contribution in [0.3, 0.4) is 0 Å². The average molecular weight is 845 g/mol. The van der Waals surface area contributed by atoms with Gasteiger partial charge < -0.3 is 13.2 Å². The molecule has 0 aliphatic heterocycles. The Balaban J connectivity index is 0. The zero-order valence-corrected chi connectivity index (χ0v) is 37.5. The Bertz CT molecular complexity index is 1120. The normalized spacial score (nSPS) is 12.9.